The van der Waals surface area contributed by atoms with Crippen LogP contribution in [0.1, 0.15) is 22.8 Å². The zero-order chi connectivity index (χ0) is 15.5. The Morgan fingerprint density at radius 1 is 1.30 bits per heavy atom. The van der Waals surface area contributed by atoms with Crippen LogP contribution in [-0.2, 0) is 15.7 Å². The van der Waals surface area contributed by atoms with Crippen LogP contribution in [0.3, 0.4) is 0 Å². The molecule has 0 unspecified atom stereocenters. The Morgan fingerprint density at radius 3 is 2.35 bits per heavy atom. The molecular weight excluding hydrogens is 301 g/mol. The van der Waals surface area contributed by atoms with Crippen molar-refractivity contribution in [3.63, 3.8) is 0 Å². The van der Waals surface area contributed by atoms with Gasteiger partial charge >= 0.3 is 12.1 Å². The number of carbonyl (C=O) groups is 2. The molecule has 0 spiro atoms. The van der Waals surface area contributed by atoms with Gasteiger partial charge in [0, 0.05) is 0 Å². The molecule has 8 heteroatoms. The number of alkyl halides is 3. The summed E-state index contributed by atoms with van der Waals surface area (Å²) < 4.78 is 47.2. The van der Waals surface area contributed by atoms with Crippen LogP contribution < -0.4 is 4.74 Å². The zero-order valence-electron chi connectivity index (χ0n) is 10.5. The van der Waals surface area contributed by atoms with Gasteiger partial charge in [-0.15, -0.1) is 0 Å². The minimum Gasteiger partial charge on any atom is -0.495 e. The van der Waals surface area contributed by atoms with E-state index in [1.54, 1.807) is 0 Å². The minimum atomic E-state index is -4.69. The Balaban J connectivity index is 3.33. The van der Waals surface area contributed by atoms with Gasteiger partial charge in [-0.3, -0.25) is 4.79 Å². The highest BCUT2D eigenvalue weighted by Crippen LogP contribution is 2.41. The molecule has 0 saturated carbocycles. The molecule has 0 radical (unpaired) electrons. The maximum absolute atomic E-state index is 12.7. The lowest BCUT2D eigenvalue weighted by Crippen LogP contribution is -2.19. The summed E-state index contributed by atoms with van der Waals surface area (Å²) in [4.78, 5) is 23.0. The Hall–Kier alpha value is -1.76. The van der Waals surface area contributed by atoms with Gasteiger partial charge in [0.15, 0.2) is 0 Å². The van der Waals surface area contributed by atoms with Crippen LogP contribution in [0.4, 0.5) is 13.2 Å². The van der Waals surface area contributed by atoms with Crippen molar-refractivity contribution in [2.24, 2.45) is 0 Å². The number of ketones is 1. The summed E-state index contributed by atoms with van der Waals surface area (Å²) in [5.74, 6) is -3.05. The first-order chi connectivity index (χ1) is 9.23. The molecule has 0 heterocycles. The molecule has 0 fully saturated rings. The zero-order valence-corrected chi connectivity index (χ0v) is 11.3. The number of Topliss-reactive ketones (excluding diaryl/α,β-unsaturated/α-hetero) is 1. The number of hydrogen-bond donors (Lipinski definition) is 0. The van der Waals surface area contributed by atoms with Crippen LogP contribution in [0.25, 0.3) is 0 Å². The first-order valence-electron chi connectivity index (χ1n) is 5.39. The number of rotatable bonds is 4. The van der Waals surface area contributed by atoms with E-state index < -0.39 is 39.8 Å². The Morgan fingerprint density at radius 2 is 1.90 bits per heavy atom. The third-order valence-electron chi connectivity index (χ3n) is 2.31. The van der Waals surface area contributed by atoms with Gasteiger partial charge in [0.05, 0.1) is 29.9 Å². The van der Waals surface area contributed by atoms with Crippen molar-refractivity contribution in [3.05, 3.63) is 28.3 Å². The van der Waals surface area contributed by atoms with Crippen LogP contribution in [0, 0.1) is 0 Å². The maximum atomic E-state index is 12.7. The molecule has 0 aliphatic heterocycles. The molecule has 1 aromatic carbocycles. The summed E-state index contributed by atoms with van der Waals surface area (Å²) in [5, 5.41) is -0.583. The first kappa shape index (κ1) is 16.3. The molecule has 110 valence electrons. The van der Waals surface area contributed by atoms with Crippen molar-refractivity contribution >= 4 is 23.4 Å². The van der Waals surface area contributed by atoms with Crippen molar-refractivity contribution in [2.45, 2.75) is 13.1 Å². The van der Waals surface area contributed by atoms with E-state index in [0.29, 0.717) is 6.07 Å². The molecule has 0 N–H and O–H groups in total. The van der Waals surface area contributed by atoms with Crippen LogP contribution in [-0.4, -0.2) is 25.5 Å². The molecule has 0 aromatic heterocycles. The summed E-state index contributed by atoms with van der Waals surface area (Å²) in [5.41, 5.74) is -1.54. The van der Waals surface area contributed by atoms with Crippen LogP contribution in [0.2, 0.25) is 5.02 Å². The fourth-order valence-corrected chi connectivity index (χ4v) is 1.79. The minimum absolute atomic E-state index is 0.0417. The maximum Gasteiger partial charge on any atom is 0.420 e. The average Bonchev–Trinajstić information content (AvgIpc) is 2.36. The predicted molar refractivity (Wildman–Crippen MR) is 64.0 cm³/mol. The molecule has 20 heavy (non-hydrogen) atoms. The first-order valence-corrected chi connectivity index (χ1v) is 5.77. The van der Waals surface area contributed by atoms with Gasteiger partial charge in [-0.2, -0.15) is 13.2 Å². The fraction of sp³-hybridized carbons (Fsp3) is 0.333. The smallest absolute Gasteiger partial charge is 0.420 e. The van der Waals surface area contributed by atoms with E-state index in [-0.39, 0.29) is 6.61 Å². The SMILES string of the molecule is CCOC(=O)C(=O)c1ccc(C(F)(F)F)c(OC)c1Cl. The van der Waals surface area contributed by atoms with E-state index in [4.69, 9.17) is 11.6 Å². The van der Waals surface area contributed by atoms with E-state index in [1.807, 2.05) is 0 Å². The average molecular weight is 311 g/mol. The summed E-state index contributed by atoms with van der Waals surface area (Å²) in [7, 11) is 0.981. The summed E-state index contributed by atoms with van der Waals surface area (Å²) in [6.07, 6.45) is -4.69. The number of hydrogen-bond acceptors (Lipinski definition) is 4. The van der Waals surface area contributed by atoms with Gasteiger partial charge in [-0.05, 0) is 19.1 Å². The van der Waals surface area contributed by atoms with E-state index in [1.165, 1.54) is 6.92 Å². The van der Waals surface area contributed by atoms with Crippen LogP contribution in [0.15, 0.2) is 12.1 Å². The Bertz CT molecular complexity index is 540. The third-order valence-corrected chi connectivity index (χ3v) is 2.69. The van der Waals surface area contributed by atoms with Crippen molar-refractivity contribution < 1.29 is 32.2 Å². The molecule has 4 nitrogen and oxygen atoms in total. The van der Waals surface area contributed by atoms with E-state index in [9.17, 15) is 22.8 Å². The summed E-state index contributed by atoms with van der Waals surface area (Å²) in [6.45, 7) is 1.44. The van der Waals surface area contributed by atoms with Crippen molar-refractivity contribution in [1.29, 1.82) is 0 Å². The van der Waals surface area contributed by atoms with E-state index >= 15 is 0 Å². The highest BCUT2D eigenvalue weighted by molar-refractivity contribution is 6.46. The summed E-state index contributed by atoms with van der Waals surface area (Å²) >= 11 is 5.71. The number of carbonyl (C=O) groups excluding carboxylic acids is 2. The molecular formula is C12H10ClF3O4. The quantitative estimate of drug-likeness (QED) is 0.487. The second-order valence-electron chi connectivity index (χ2n) is 3.56. The van der Waals surface area contributed by atoms with Gasteiger partial charge in [-0.25, -0.2) is 4.79 Å². The third kappa shape index (κ3) is 3.22. The Labute approximate surface area is 117 Å². The predicted octanol–water partition coefficient (Wildman–Crippen LogP) is 3.11. The molecule has 0 aliphatic carbocycles. The Kier molecular flexibility index (Phi) is 4.99. The molecule has 0 atom stereocenters. The lowest BCUT2D eigenvalue weighted by molar-refractivity contribution is -0.138. The molecule has 1 aromatic rings. The molecule has 0 aliphatic rings. The molecule has 0 amide bonds. The number of benzene rings is 1. The normalized spacial score (nSPS) is 11.1. The van der Waals surface area contributed by atoms with Crippen molar-refractivity contribution in [1.82, 2.24) is 0 Å². The highest BCUT2D eigenvalue weighted by atomic mass is 35.5. The van der Waals surface area contributed by atoms with Gasteiger partial charge in [-0.1, -0.05) is 11.6 Å². The lowest BCUT2D eigenvalue weighted by atomic mass is 10.1. The second-order valence-corrected chi connectivity index (χ2v) is 3.93. The molecule has 1 rings (SSSR count). The topological polar surface area (TPSA) is 52.6 Å². The van der Waals surface area contributed by atoms with Gasteiger partial charge in [0.2, 0.25) is 0 Å². The largest absolute Gasteiger partial charge is 0.495 e. The lowest BCUT2D eigenvalue weighted by Gasteiger charge is -2.14. The van der Waals surface area contributed by atoms with Gasteiger partial charge in [0.25, 0.3) is 5.78 Å². The standard InChI is InChI=1S/C12H10ClF3O4/c1-3-20-11(18)9(17)6-4-5-7(12(14,15)16)10(19-2)8(6)13/h4-5H,3H2,1-2H3. The number of ether oxygens (including phenoxy) is 2. The fourth-order valence-electron chi connectivity index (χ4n) is 1.46. The monoisotopic (exact) mass is 310 g/mol. The molecule has 0 bridgehead atoms. The number of halogens is 4. The van der Waals surface area contributed by atoms with Crippen LogP contribution in [0.5, 0.6) is 5.75 Å². The second kappa shape index (κ2) is 6.13. The number of esters is 1. The molecule has 0 saturated heterocycles. The highest BCUT2D eigenvalue weighted by Gasteiger charge is 2.37. The van der Waals surface area contributed by atoms with Gasteiger partial charge in [0.1, 0.15) is 5.75 Å². The van der Waals surface area contributed by atoms with E-state index in [2.05, 4.69) is 9.47 Å². The summed E-state index contributed by atoms with van der Waals surface area (Å²) in [6, 6.07) is 1.43. The van der Waals surface area contributed by atoms with Crippen molar-refractivity contribution in [2.75, 3.05) is 13.7 Å². The van der Waals surface area contributed by atoms with Crippen LogP contribution >= 0.6 is 11.6 Å². The number of methoxy groups -OCH3 is 1. The van der Waals surface area contributed by atoms with Gasteiger partial charge < -0.3 is 9.47 Å². The van der Waals surface area contributed by atoms with Crippen molar-refractivity contribution in [3.8, 4) is 5.75 Å². The van der Waals surface area contributed by atoms with E-state index in [0.717, 1.165) is 13.2 Å².